The third kappa shape index (κ3) is 4.59. The molecule has 6 nitrogen and oxygen atoms in total. The lowest BCUT2D eigenvalue weighted by Gasteiger charge is -2.28. The molecular weight excluding hydrogens is 397 g/mol. The van der Waals surface area contributed by atoms with Crippen LogP contribution in [0.1, 0.15) is 24.1 Å². The lowest BCUT2D eigenvalue weighted by molar-refractivity contribution is -0.134. The number of hydrogen-bond acceptors (Lipinski definition) is 5. The van der Waals surface area contributed by atoms with Gasteiger partial charge in [-0.05, 0) is 30.7 Å². The molecule has 0 atom stereocenters. The molecule has 2 aromatic rings. The fraction of sp³-hybridized carbons (Fsp3) is 0.444. The van der Waals surface area contributed by atoms with Crippen molar-refractivity contribution in [2.75, 3.05) is 25.1 Å². The molecule has 0 saturated heterocycles. The highest BCUT2D eigenvalue weighted by Crippen LogP contribution is 2.28. The van der Waals surface area contributed by atoms with Crippen molar-refractivity contribution < 1.29 is 18.0 Å². The number of fused-ring (bicyclic) bond motifs is 1. The maximum absolute atomic E-state index is 12.8. The van der Waals surface area contributed by atoms with E-state index >= 15 is 0 Å². The van der Waals surface area contributed by atoms with E-state index < -0.39 is 12.6 Å². The predicted molar refractivity (Wildman–Crippen MR) is 100 cm³/mol. The van der Waals surface area contributed by atoms with E-state index in [2.05, 4.69) is 10.3 Å². The third-order valence-electron chi connectivity index (χ3n) is 4.45. The van der Waals surface area contributed by atoms with E-state index in [-0.39, 0.29) is 24.5 Å². The van der Waals surface area contributed by atoms with E-state index in [4.69, 9.17) is 16.4 Å². The highest BCUT2D eigenvalue weighted by molar-refractivity contribution is 6.30. The zero-order chi connectivity index (χ0) is 20.3. The Balaban J connectivity index is 2.05. The van der Waals surface area contributed by atoms with Crippen LogP contribution in [-0.4, -0.2) is 36.1 Å². The van der Waals surface area contributed by atoms with E-state index in [0.717, 1.165) is 4.73 Å². The normalized spacial score (nSPS) is 13.9. The minimum absolute atomic E-state index is 0.00792. The van der Waals surface area contributed by atoms with Crippen molar-refractivity contribution in [1.29, 1.82) is 0 Å². The molecule has 0 bridgehead atoms. The Morgan fingerprint density at radius 2 is 2.04 bits per heavy atom. The van der Waals surface area contributed by atoms with Crippen LogP contribution < -0.4 is 20.6 Å². The van der Waals surface area contributed by atoms with Gasteiger partial charge in [-0.15, -0.1) is 4.73 Å². The van der Waals surface area contributed by atoms with Crippen LogP contribution in [0.15, 0.2) is 29.1 Å². The number of nitrogens with one attached hydrogen (secondary N) is 1. The maximum atomic E-state index is 12.8. The summed E-state index contributed by atoms with van der Waals surface area (Å²) in [6.07, 6.45) is -4.81. The SMILES string of the molecule is COn1c(N(CCCC(F)(F)F)c2ccc(Cl)cc2)nc2c(c1=O)CNCC2. The summed E-state index contributed by atoms with van der Waals surface area (Å²) in [5.41, 5.74) is 1.33. The van der Waals surface area contributed by atoms with Gasteiger partial charge in [-0.25, -0.2) is 4.98 Å². The van der Waals surface area contributed by atoms with Gasteiger partial charge >= 0.3 is 6.18 Å². The standard InChI is InChI=1S/C18H20ClF3N4O2/c1-28-26-16(27)14-11-23-9-7-15(14)24-17(26)25(10-2-8-18(20,21)22)13-5-3-12(19)4-6-13/h3-6,23H,2,7-11H2,1H3. The third-order valence-corrected chi connectivity index (χ3v) is 4.70. The molecule has 0 aliphatic carbocycles. The van der Waals surface area contributed by atoms with Crippen LogP contribution in [0, 0.1) is 0 Å². The van der Waals surface area contributed by atoms with Crippen molar-refractivity contribution in [3.63, 3.8) is 0 Å². The molecule has 10 heteroatoms. The van der Waals surface area contributed by atoms with E-state index in [1.165, 1.54) is 7.11 Å². The summed E-state index contributed by atoms with van der Waals surface area (Å²) >= 11 is 5.94. The van der Waals surface area contributed by atoms with Crippen molar-refractivity contribution in [2.24, 2.45) is 0 Å². The topological polar surface area (TPSA) is 59.4 Å². The van der Waals surface area contributed by atoms with Gasteiger partial charge in [-0.3, -0.25) is 4.79 Å². The first-order valence-corrected chi connectivity index (χ1v) is 9.18. The van der Waals surface area contributed by atoms with Gasteiger partial charge in [0.25, 0.3) is 5.56 Å². The van der Waals surface area contributed by atoms with Gasteiger partial charge in [0, 0.05) is 43.2 Å². The summed E-state index contributed by atoms with van der Waals surface area (Å²) in [7, 11) is 1.32. The van der Waals surface area contributed by atoms with Crippen molar-refractivity contribution >= 4 is 23.2 Å². The molecular formula is C18H20ClF3N4O2. The molecule has 1 aliphatic heterocycles. The van der Waals surface area contributed by atoms with Gasteiger partial charge in [0.05, 0.1) is 11.3 Å². The van der Waals surface area contributed by atoms with Gasteiger partial charge in [0.1, 0.15) is 7.11 Å². The highest BCUT2D eigenvalue weighted by atomic mass is 35.5. The first-order chi connectivity index (χ1) is 13.3. The fourth-order valence-corrected chi connectivity index (χ4v) is 3.24. The van der Waals surface area contributed by atoms with Crippen molar-refractivity contribution in [3.05, 3.63) is 50.9 Å². The average molecular weight is 417 g/mol. The number of benzene rings is 1. The number of anilines is 2. The molecule has 0 fully saturated rings. The second kappa shape index (κ2) is 8.40. The number of alkyl halides is 3. The Kier molecular flexibility index (Phi) is 6.14. The van der Waals surface area contributed by atoms with E-state index in [1.54, 1.807) is 29.2 Å². The van der Waals surface area contributed by atoms with Crippen LogP contribution in [0.4, 0.5) is 24.8 Å². The predicted octanol–water partition coefficient (Wildman–Crippen LogP) is 3.08. The number of rotatable bonds is 6. The molecule has 152 valence electrons. The van der Waals surface area contributed by atoms with Gasteiger partial charge in [-0.2, -0.15) is 13.2 Å². The molecule has 0 radical (unpaired) electrons. The average Bonchev–Trinajstić information content (AvgIpc) is 2.65. The quantitative estimate of drug-likeness (QED) is 0.784. The summed E-state index contributed by atoms with van der Waals surface area (Å²) in [5, 5.41) is 3.60. The second-order valence-electron chi connectivity index (χ2n) is 6.39. The summed E-state index contributed by atoms with van der Waals surface area (Å²) in [6, 6.07) is 6.60. The van der Waals surface area contributed by atoms with Crippen LogP contribution in [0.5, 0.6) is 0 Å². The van der Waals surface area contributed by atoms with Crippen LogP contribution >= 0.6 is 11.6 Å². The maximum Gasteiger partial charge on any atom is 0.389 e. The second-order valence-corrected chi connectivity index (χ2v) is 6.83. The van der Waals surface area contributed by atoms with Crippen LogP contribution in [0.3, 0.4) is 0 Å². The molecule has 1 aliphatic rings. The lowest BCUT2D eigenvalue weighted by Crippen LogP contribution is -2.40. The molecule has 3 rings (SSSR count). The van der Waals surface area contributed by atoms with Crippen LogP contribution in [-0.2, 0) is 13.0 Å². The first-order valence-electron chi connectivity index (χ1n) is 8.80. The summed E-state index contributed by atoms with van der Waals surface area (Å²) in [5.74, 6) is 0.151. The van der Waals surface area contributed by atoms with Crippen molar-refractivity contribution in [3.8, 4) is 0 Å². The molecule has 1 N–H and O–H groups in total. The minimum atomic E-state index is -4.26. The largest absolute Gasteiger partial charge is 0.411 e. The number of nitrogens with zero attached hydrogens (tertiary/aromatic N) is 3. The van der Waals surface area contributed by atoms with Gasteiger partial charge < -0.3 is 15.1 Å². The highest BCUT2D eigenvalue weighted by Gasteiger charge is 2.28. The first kappa shape index (κ1) is 20.5. The minimum Gasteiger partial charge on any atom is -0.411 e. The Labute approximate surface area is 164 Å². The fourth-order valence-electron chi connectivity index (χ4n) is 3.11. The molecule has 0 amide bonds. The van der Waals surface area contributed by atoms with Crippen molar-refractivity contribution in [1.82, 2.24) is 15.0 Å². The molecule has 0 saturated carbocycles. The van der Waals surface area contributed by atoms with Crippen LogP contribution in [0.25, 0.3) is 0 Å². The summed E-state index contributed by atoms with van der Waals surface area (Å²) in [4.78, 5) is 24.2. The summed E-state index contributed by atoms with van der Waals surface area (Å²) in [6.45, 7) is 1.05. The zero-order valence-electron chi connectivity index (χ0n) is 15.2. The van der Waals surface area contributed by atoms with Gasteiger partial charge in [-0.1, -0.05) is 11.6 Å². The number of hydrogen-bond donors (Lipinski definition) is 1. The zero-order valence-corrected chi connectivity index (χ0v) is 16.0. The Morgan fingerprint density at radius 3 is 2.68 bits per heavy atom. The monoisotopic (exact) mass is 416 g/mol. The van der Waals surface area contributed by atoms with E-state index in [1.807, 2.05) is 0 Å². The van der Waals surface area contributed by atoms with E-state index in [0.29, 0.717) is 41.5 Å². The Bertz CT molecular complexity index is 884. The number of aromatic nitrogens is 2. The van der Waals surface area contributed by atoms with Gasteiger partial charge in [0.2, 0.25) is 5.95 Å². The Hall–Kier alpha value is -2.26. The lowest BCUT2D eigenvalue weighted by atomic mass is 10.1. The smallest absolute Gasteiger partial charge is 0.389 e. The summed E-state index contributed by atoms with van der Waals surface area (Å²) < 4.78 is 39.0. The van der Waals surface area contributed by atoms with Gasteiger partial charge in [0.15, 0.2) is 0 Å². The molecule has 2 heterocycles. The van der Waals surface area contributed by atoms with Crippen LogP contribution in [0.2, 0.25) is 5.02 Å². The molecule has 1 aromatic heterocycles. The molecule has 0 unspecified atom stereocenters. The molecule has 28 heavy (non-hydrogen) atoms. The molecule has 1 aromatic carbocycles. The Morgan fingerprint density at radius 1 is 1.32 bits per heavy atom. The van der Waals surface area contributed by atoms with E-state index in [9.17, 15) is 18.0 Å². The molecule has 0 spiro atoms. The number of halogens is 4. The van der Waals surface area contributed by atoms with Crippen molar-refractivity contribution in [2.45, 2.75) is 32.0 Å².